The molecule has 3 aromatic carbocycles. The average Bonchev–Trinajstić information content (AvgIpc) is 2.65. The molecule has 0 fully saturated rings. The monoisotopic (exact) mass is 433 g/mol. The van der Waals surface area contributed by atoms with Crippen LogP contribution in [-0.2, 0) is 0 Å². The molecule has 0 unspecified atom stereocenters. The molecule has 0 heterocycles. The highest BCUT2D eigenvalue weighted by molar-refractivity contribution is 8.93. The van der Waals surface area contributed by atoms with Crippen molar-refractivity contribution < 1.29 is 0 Å². The molecule has 0 radical (unpaired) electrons. The highest BCUT2D eigenvalue weighted by Gasteiger charge is 2.44. The molecule has 0 spiro atoms. The van der Waals surface area contributed by atoms with Gasteiger partial charge in [-0.25, -0.2) is 0 Å². The number of unbranched alkanes of at least 4 members (excludes halogenated alkanes) is 1. The lowest BCUT2D eigenvalue weighted by Gasteiger charge is -2.27. The van der Waals surface area contributed by atoms with Crippen molar-refractivity contribution in [2.75, 3.05) is 6.16 Å². The van der Waals surface area contributed by atoms with Crippen molar-refractivity contribution in [2.24, 2.45) is 0 Å². The summed E-state index contributed by atoms with van der Waals surface area (Å²) >= 11 is 0. The topological polar surface area (TPSA) is 0 Å². The fourth-order valence-electron chi connectivity index (χ4n) is 3.28. The van der Waals surface area contributed by atoms with Crippen molar-refractivity contribution in [2.45, 2.75) is 19.8 Å². The van der Waals surface area contributed by atoms with Crippen molar-refractivity contribution in [3.8, 4) is 0 Å². The van der Waals surface area contributed by atoms with Gasteiger partial charge in [-0.1, -0.05) is 67.9 Å². The first-order valence-electron chi connectivity index (χ1n) is 8.43. The van der Waals surface area contributed by atoms with Crippen LogP contribution in [0.15, 0.2) is 91.0 Å². The average molecular weight is 434 g/mol. The maximum Gasteiger partial charge on any atom is 0.112 e. The second-order valence-corrected chi connectivity index (χ2v) is 9.51. The van der Waals surface area contributed by atoms with Crippen molar-refractivity contribution >= 4 is 53.7 Å². The smallest absolute Gasteiger partial charge is 0.112 e. The molecule has 0 aliphatic heterocycles. The van der Waals surface area contributed by atoms with Crippen LogP contribution < -0.4 is 15.9 Å². The normalized spacial score (nSPS) is 10.4. The summed E-state index contributed by atoms with van der Waals surface area (Å²) < 4.78 is 0. The fraction of sp³-hybridized carbons (Fsp3) is 0.182. The minimum atomic E-state index is -1.57. The molecule has 0 bridgehead atoms. The maximum atomic E-state index is 2.32. The fourth-order valence-corrected chi connectivity index (χ4v) is 7.78. The molecule has 3 aromatic rings. The lowest BCUT2D eigenvalue weighted by atomic mass is 10.3. The van der Waals surface area contributed by atoms with Crippen LogP contribution >= 0.6 is 37.7 Å². The molecule has 0 amide bonds. The van der Waals surface area contributed by atoms with Gasteiger partial charge in [-0.2, -0.15) is 13.5 Å². The second-order valence-electron chi connectivity index (χ2n) is 5.89. The number of halogens is 1. The van der Waals surface area contributed by atoms with E-state index in [1.54, 1.807) is 0 Å². The van der Waals surface area contributed by atoms with Crippen LogP contribution in [0.4, 0.5) is 0 Å². The minimum Gasteiger partial charge on any atom is -0.197 e. The molecule has 0 aliphatic carbocycles. The molecule has 25 heavy (non-hydrogen) atoms. The van der Waals surface area contributed by atoms with Crippen LogP contribution in [0.2, 0.25) is 0 Å². The summed E-state index contributed by atoms with van der Waals surface area (Å²) in [6, 6.07) is 33.4. The quantitative estimate of drug-likeness (QED) is 0.452. The first-order valence-corrected chi connectivity index (χ1v) is 10.4. The third-order valence-electron chi connectivity index (χ3n) is 4.44. The lowest BCUT2D eigenvalue weighted by Crippen LogP contribution is -2.33. The van der Waals surface area contributed by atoms with Gasteiger partial charge in [-0.15, -0.1) is 17.0 Å². The zero-order chi connectivity index (χ0) is 16.0. The highest BCUT2D eigenvalue weighted by Crippen LogP contribution is 2.55. The molecular formula is C22H27BrPS+. The summed E-state index contributed by atoms with van der Waals surface area (Å²) in [7, 11) is -1.57. The highest BCUT2D eigenvalue weighted by atomic mass is 79.9. The molecule has 132 valence electrons. The third kappa shape index (κ3) is 4.76. The van der Waals surface area contributed by atoms with Gasteiger partial charge in [0.2, 0.25) is 0 Å². The van der Waals surface area contributed by atoms with Gasteiger partial charge in [0.25, 0.3) is 0 Å². The standard InChI is InChI=1S/C22H24P.BrH.H2S/c1-2-3-19-23(20-13-7-4-8-14-20,21-15-9-5-10-16-21)22-17-11-6-12-18-22;;/h4-18H,2-3,19H2,1H3;1H;1H2/q+1;;. The van der Waals surface area contributed by atoms with E-state index in [2.05, 4.69) is 97.9 Å². The molecule has 0 saturated heterocycles. The SMILES string of the molecule is Br.CCCC[P+](c1ccccc1)(c1ccccc1)c1ccccc1.S. The van der Waals surface area contributed by atoms with Gasteiger partial charge in [-0.3, -0.25) is 0 Å². The van der Waals surface area contributed by atoms with Crippen LogP contribution in [0.3, 0.4) is 0 Å². The first kappa shape index (κ1) is 22.0. The van der Waals surface area contributed by atoms with Gasteiger partial charge in [0, 0.05) is 0 Å². The maximum absolute atomic E-state index is 2.32. The summed E-state index contributed by atoms with van der Waals surface area (Å²) in [6.45, 7) is 2.29. The molecule has 0 N–H and O–H groups in total. The molecule has 0 atom stereocenters. The molecule has 3 rings (SSSR count). The summed E-state index contributed by atoms with van der Waals surface area (Å²) in [6.07, 6.45) is 3.72. The molecule has 3 heteroatoms. The largest absolute Gasteiger partial charge is 0.197 e. The Morgan fingerprint density at radius 3 is 1.20 bits per heavy atom. The zero-order valence-electron chi connectivity index (χ0n) is 14.6. The lowest BCUT2D eigenvalue weighted by molar-refractivity contribution is 0.891. The zero-order valence-corrected chi connectivity index (χ0v) is 18.2. The van der Waals surface area contributed by atoms with E-state index in [1.165, 1.54) is 34.9 Å². The van der Waals surface area contributed by atoms with E-state index in [9.17, 15) is 0 Å². The Morgan fingerprint density at radius 2 is 0.920 bits per heavy atom. The Morgan fingerprint density at radius 1 is 0.600 bits per heavy atom. The summed E-state index contributed by atoms with van der Waals surface area (Å²) in [5.41, 5.74) is 0. The van der Waals surface area contributed by atoms with Gasteiger partial charge in [0.05, 0.1) is 6.16 Å². The van der Waals surface area contributed by atoms with Gasteiger partial charge < -0.3 is 0 Å². The summed E-state index contributed by atoms with van der Waals surface area (Å²) in [5, 5.41) is 4.47. The molecular weight excluding hydrogens is 407 g/mol. The Kier molecular flexibility index (Phi) is 9.50. The number of rotatable bonds is 6. The van der Waals surface area contributed by atoms with Crippen LogP contribution in [-0.4, -0.2) is 6.16 Å². The number of hydrogen-bond acceptors (Lipinski definition) is 0. The van der Waals surface area contributed by atoms with Crippen LogP contribution in [0.5, 0.6) is 0 Å². The predicted octanol–water partition coefficient (Wildman–Crippen LogP) is 5.47. The van der Waals surface area contributed by atoms with Gasteiger partial charge in [0.1, 0.15) is 23.2 Å². The van der Waals surface area contributed by atoms with E-state index >= 15 is 0 Å². The Balaban J connectivity index is 0.00000156. The Hall–Kier alpha value is -1.08. The van der Waals surface area contributed by atoms with E-state index in [1.807, 2.05) is 0 Å². The van der Waals surface area contributed by atoms with E-state index in [-0.39, 0.29) is 30.5 Å². The van der Waals surface area contributed by atoms with E-state index in [0.717, 1.165) is 0 Å². The minimum absolute atomic E-state index is 0. The van der Waals surface area contributed by atoms with Crippen LogP contribution in [0, 0.1) is 0 Å². The van der Waals surface area contributed by atoms with Gasteiger partial charge in [-0.05, 0) is 42.8 Å². The third-order valence-corrected chi connectivity index (χ3v) is 8.96. The van der Waals surface area contributed by atoms with Crippen LogP contribution in [0.25, 0.3) is 0 Å². The molecule has 0 nitrogen and oxygen atoms in total. The van der Waals surface area contributed by atoms with Crippen molar-refractivity contribution in [1.82, 2.24) is 0 Å². The molecule has 0 saturated carbocycles. The Bertz CT molecular complexity index is 620. The van der Waals surface area contributed by atoms with Crippen molar-refractivity contribution in [1.29, 1.82) is 0 Å². The van der Waals surface area contributed by atoms with E-state index in [0.29, 0.717) is 0 Å². The predicted molar refractivity (Wildman–Crippen MR) is 126 cm³/mol. The van der Waals surface area contributed by atoms with Gasteiger partial charge in [0.15, 0.2) is 0 Å². The van der Waals surface area contributed by atoms with E-state index < -0.39 is 7.26 Å². The summed E-state index contributed by atoms with van der Waals surface area (Å²) in [5.74, 6) is 0. The molecule has 0 aliphatic rings. The summed E-state index contributed by atoms with van der Waals surface area (Å²) in [4.78, 5) is 0. The van der Waals surface area contributed by atoms with Crippen molar-refractivity contribution in [3.63, 3.8) is 0 Å². The Labute approximate surface area is 170 Å². The number of benzene rings is 3. The molecule has 0 aromatic heterocycles. The van der Waals surface area contributed by atoms with Crippen molar-refractivity contribution in [3.05, 3.63) is 91.0 Å². The van der Waals surface area contributed by atoms with Gasteiger partial charge >= 0.3 is 0 Å². The number of hydrogen-bond donors (Lipinski definition) is 0. The first-order chi connectivity index (χ1) is 11.4. The van der Waals surface area contributed by atoms with Crippen LogP contribution in [0.1, 0.15) is 19.8 Å². The van der Waals surface area contributed by atoms with E-state index in [4.69, 9.17) is 0 Å². The second kappa shape index (κ2) is 10.8.